The number of thiazole rings is 1. The van der Waals surface area contributed by atoms with E-state index in [2.05, 4.69) is 10.3 Å². The van der Waals surface area contributed by atoms with Crippen LogP contribution in [-0.2, 0) is 10.2 Å². The Morgan fingerprint density at radius 1 is 1.37 bits per heavy atom. The molecule has 1 saturated carbocycles. The van der Waals surface area contributed by atoms with E-state index in [1.54, 1.807) is 6.92 Å². The highest BCUT2D eigenvalue weighted by Gasteiger charge is 2.52. The lowest BCUT2D eigenvalue weighted by Crippen LogP contribution is -2.42. The minimum Gasteiger partial charge on any atom is -0.480 e. The molecule has 0 saturated heterocycles. The summed E-state index contributed by atoms with van der Waals surface area (Å²) >= 11 is 1.34. The third-order valence-corrected chi connectivity index (χ3v) is 4.74. The van der Waals surface area contributed by atoms with E-state index < -0.39 is 11.5 Å². The van der Waals surface area contributed by atoms with Crippen LogP contribution in [0, 0.1) is 6.92 Å². The van der Waals surface area contributed by atoms with Crippen molar-refractivity contribution in [1.29, 1.82) is 0 Å². The minimum atomic E-state index is -1.05. The van der Waals surface area contributed by atoms with Crippen LogP contribution < -0.4 is 5.32 Å². The van der Waals surface area contributed by atoms with Crippen molar-refractivity contribution in [2.75, 3.05) is 0 Å². The van der Waals surface area contributed by atoms with E-state index in [4.69, 9.17) is 5.11 Å². The molecule has 19 heavy (non-hydrogen) atoms. The molecule has 1 aromatic rings. The molecule has 2 N–H and O–H groups in total. The SMILES string of the molecule is Cc1nc(C(C)(C)C)sc1C(=O)NC1(C(=O)O)CC1. The van der Waals surface area contributed by atoms with Crippen molar-refractivity contribution in [2.45, 2.75) is 51.5 Å². The molecular weight excluding hydrogens is 264 g/mol. The number of nitrogens with zero attached hydrogens (tertiary/aromatic N) is 1. The van der Waals surface area contributed by atoms with Crippen LogP contribution in [-0.4, -0.2) is 27.5 Å². The van der Waals surface area contributed by atoms with E-state index in [1.807, 2.05) is 20.8 Å². The first kappa shape index (κ1) is 14.0. The topological polar surface area (TPSA) is 79.3 Å². The van der Waals surface area contributed by atoms with Crippen molar-refractivity contribution in [3.8, 4) is 0 Å². The summed E-state index contributed by atoms with van der Waals surface area (Å²) in [6, 6.07) is 0. The quantitative estimate of drug-likeness (QED) is 0.889. The van der Waals surface area contributed by atoms with Gasteiger partial charge in [-0.1, -0.05) is 20.8 Å². The number of hydrogen-bond donors (Lipinski definition) is 2. The maximum Gasteiger partial charge on any atom is 0.329 e. The third-order valence-electron chi connectivity index (χ3n) is 3.16. The molecule has 1 aromatic heterocycles. The van der Waals surface area contributed by atoms with Crippen LogP contribution in [0.15, 0.2) is 0 Å². The zero-order chi connectivity index (χ0) is 14.4. The number of carbonyl (C=O) groups is 2. The van der Waals surface area contributed by atoms with Gasteiger partial charge in [-0.3, -0.25) is 4.79 Å². The zero-order valence-corrected chi connectivity index (χ0v) is 12.3. The molecular formula is C13H18N2O3S. The van der Waals surface area contributed by atoms with E-state index >= 15 is 0 Å². The third kappa shape index (κ3) is 2.63. The van der Waals surface area contributed by atoms with Gasteiger partial charge in [0.15, 0.2) is 0 Å². The maximum atomic E-state index is 12.2. The van der Waals surface area contributed by atoms with Crippen LogP contribution in [0.2, 0.25) is 0 Å². The Morgan fingerprint density at radius 3 is 2.32 bits per heavy atom. The standard InChI is InChI=1S/C13H18N2O3S/c1-7-8(19-10(14-7)12(2,3)4)9(16)15-13(5-6-13)11(17)18/h5-6H2,1-4H3,(H,15,16)(H,17,18). The molecule has 0 spiro atoms. The van der Waals surface area contributed by atoms with Crippen LogP contribution in [0.4, 0.5) is 0 Å². The minimum absolute atomic E-state index is 0.113. The first-order valence-corrected chi connectivity index (χ1v) is 7.01. The fourth-order valence-corrected chi connectivity index (χ4v) is 2.74. The van der Waals surface area contributed by atoms with Gasteiger partial charge in [-0.25, -0.2) is 9.78 Å². The first-order chi connectivity index (χ1) is 8.66. The highest BCUT2D eigenvalue weighted by molar-refractivity contribution is 7.14. The summed E-state index contributed by atoms with van der Waals surface area (Å²) in [5.74, 6) is -1.29. The maximum absolute atomic E-state index is 12.2. The Labute approximate surface area is 116 Å². The lowest BCUT2D eigenvalue weighted by molar-refractivity contribution is -0.140. The second-order valence-corrected chi connectivity index (χ2v) is 7.02. The Bertz CT molecular complexity index is 539. The normalized spacial score (nSPS) is 17.1. The number of amides is 1. The van der Waals surface area contributed by atoms with Gasteiger partial charge in [0.2, 0.25) is 0 Å². The van der Waals surface area contributed by atoms with Crippen molar-refractivity contribution in [1.82, 2.24) is 10.3 Å². The Morgan fingerprint density at radius 2 is 1.95 bits per heavy atom. The van der Waals surface area contributed by atoms with Gasteiger partial charge in [-0.15, -0.1) is 11.3 Å². The molecule has 1 amide bonds. The van der Waals surface area contributed by atoms with Gasteiger partial charge >= 0.3 is 5.97 Å². The van der Waals surface area contributed by atoms with Crippen molar-refractivity contribution >= 4 is 23.2 Å². The lowest BCUT2D eigenvalue weighted by atomic mass is 9.98. The molecule has 5 nitrogen and oxygen atoms in total. The van der Waals surface area contributed by atoms with Crippen molar-refractivity contribution in [3.63, 3.8) is 0 Å². The molecule has 1 aliphatic carbocycles. The predicted octanol–water partition coefficient (Wildman–Crippen LogP) is 2.10. The number of aliphatic carboxylic acids is 1. The number of aryl methyl sites for hydroxylation is 1. The van der Waals surface area contributed by atoms with E-state index in [1.165, 1.54) is 11.3 Å². The molecule has 1 aliphatic rings. The van der Waals surface area contributed by atoms with Crippen LogP contribution >= 0.6 is 11.3 Å². The Balaban J connectivity index is 2.21. The van der Waals surface area contributed by atoms with Crippen molar-refractivity contribution in [3.05, 3.63) is 15.6 Å². The molecule has 6 heteroatoms. The Hall–Kier alpha value is -1.43. The van der Waals surface area contributed by atoms with E-state index in [9.17, 15) is 9.59 Å². The van der Waals surface area contributed by atoms with E-state index in [0.717, 1.165) is 5.01 Å². The lowest BCUT2D eigenvalue weighted by Gasteiger charge is -2.13. The monoisotopic (exact) mass is 282 g/mol. The largest absolute Gasteiger partial charge is 0.480 e. The summed E-state index contributed by atoms with van der Waals surface area (Å²) in [6.07, 6.45) is 0.996. The van der Waals surface area contributed by atoms with Crippen LogP contribution in [0.1, 0.15) is 54.0 Å². The smallest absolute Gasteiger partial charge is 0.329 e. The number of carboxylic acid groups (broad SMARTS) is 1. The van der Waals surface area contributed by atoms with Gasteiger partial charge in [0.05, 0.1) is 10.7 Å². The summed E-state index contributed by atoms with van der Waals surface area (Å²) in [5.41, 5.74) is -0.499. The van der Waals surface area contributed by atoms with Gasteiger partial charge < -0.3 is 10.4 Å². The average Bonchev–Trinajstić information content (AvgIpc) is 2.92. The summed E-state index contributed by atoms with van der Waals surface area (Å²) in [7, 11) is 0. The molecule has 0 radical (unpaired) electrons. The second-order valence-electron chi connectivity index (χ2n) is 6.02. The molecule has 1 fully saturated rings. The predicted molar refractivity (Wildman–Crippen MR) is 72.6 cm³/mol. The first-order valence-electron chi connectivity index (χ1n) is 6.19. The number of rotatable bonds is 3. The van der Waals surface area contributed by atoms with Gasteiger partial charge in [-0.2, -0.15) is 0 Å². The number of hydrogen-bond acceptors (Lipinski definition) is 4. The molecule has 2 rings (SSSR count). The summed E-state index contributed by atoms with van der Waals surface area (Å²) in [6.45, 7) is 7.88. The number of aromatic nitrogens is 1. The molecule has 0 aliphatic heterocycles. The summed E-state index contributed by atoms with van der Waals surface area (Å²) in [4.78, 5) is 28.2. The van der Waals surface area contributed by atoms with Crippen LogP contribution in [0.5, 0.6) is 0 Å². The van der Waals surface area contributed by atoms with Gasteiger partial charge in [0.1, 0.15) is 10.4 Å². The van der Waals surface area contributed by atoms with E-state index in [-0.39, 0.29) is 11.3 Å². The van der Waals surface area contributed by atoms with Gasteiger partial charge in [0.25, 0.3) is 5.91 Å². The molecule has 1 heterocycles. The van der Waals surface area contributed by atoms with Crippen molar-refractivity contribution in [2.24, 2.45) is 0 Å². The fraction of sp³-hybridized carbons (Fsp3) is 0.615. The highest BCUT2D eigenvalue weighted by Crippen LogP contribution is 2.36. The molecule has 0 aromatic carbocycles. The number of carbonyl (C=O) groups excluding carboxylic acids is 1. The Kier molecular flexibility index (Phi) is 3.16. The summed E-state index contributed by atoms with van der Waals surface area (Å²) in [5, 5.41) is 12.6. The van der Waals surface area contributed by atoms with Crippen LogP contribution in [0.3, 0.4) is 0 Å². The zero-order valence-electron chi connectivity index (χ0n) is 11.5. The number of nitrogens with one attached hydrogen (secondary N) is 1. The highest BCUT2D eigenvalue weighted by atomic mass is 32.1. The van der Waals surface area contributed by atoms with Crippen molar-refractivity contribution < 1.29 is 14.7 Å². The fourth-order valence-electron chi connectivity index (χ4n) is 1.72. The van der Waals surface area contributed by atoms with E-state index in [0.29, 0.717) is 23.4 Å². The summed E-state index contributed by atoms with van der Waals surface area (Å²) < 4.78 is 0. The molecule has 0 bridgehead atoms. The molecule has 0 unspecified atom stereocenters. The molecule has 104 valence electrons. The van der Waals surface area contributed by atoms with Crippen LogP contribution in [0.25, 0.3) is 0 Å². The van der Waals surface area contributed by atoms with Gasteiger partial charge in [-0.05, 0) is 19.8 Å². The molecule has 0 atom stereocenters. The average molecular weight is 282 g/mol. The van der Waals surface area contributed by atoms with Gasteiger partial charge in [0, 0.05) is 5.41 Å². The number of carboxylic acids is 1. The second kappa shape index (κ2) is 4.30.